The molecule has 0 aliphatic heterocycles. The molecular formula is C8H7F2NO3. The van der Waals surface area contributed by atoms with Gasteiger partial charge in [0.05, 0.1) is 5.56 Å². The molecule has 0 aliphatic carbocycles. The van der Waals surface area contributed by atoms with Crippen molar-refractivity contribution in [3.63, 3.8) is 0 Å². The van der Waals surface area contributed by atoms with E-state index in [-0.39, 0.29) is 5.56 Å². The summed E-state index contributed by atoms with van der Waals surface area (Å²) in [6.45, 7) is 1.16. The van der Waals surface area contributed by atoms with Gasteiger partial charge in [-0.05, 0) is 6.92 Å². The maximum atomic E-state index is 12.4. The lowest BCUT2D eigenvalue weighted by Gasteiger charge is -2.06. The van der Waals surface area contributed by atoms with Crippen molar-refractivity contribution in [2.75, 3.05) is 0 Å². The number of hydrogen-bond donors (Lipinski definition) is 2. The van der Waals surface area contributed by atoms with Crippen LogP contribution in [0.3, 0.4) is 0 Å². The molecule has 76 valence electrons. The van der Waals surface area contributed by atoms with E-state index in [9.17, 15) is 18.4 Å². The first-order chi connectivity index (χ1) is 6.45. The smallest absolute Gasteiger partial charge is 0.337 e. The van der Waals surface area contributed by atoms with E-state index in [1.807, 2.05) is 0 Å². The average molecular weight is 203 g/mol. The van der Waals surface area contributed by atoms with Crippen LogP contribution in [0.5, 0.6) is 0 Å². The van der Waals surface area contributed by atoms with Crippen molar-refractivity contribution in [3.8, 4) is 0 Å². The van der Waals surface area contributed by atoms with Crippen LogP contribution >= 0.6 is 0 Å². The molecule has 0 radical (unpaired) electrons. The highest BCUT2D eigenvalue weighted by atomic mass is 19.3. The van der Waals surface area contributed by atoms with Crippen LogP contribution in [0.15, 0.2) is 11.0 Å². The van der Waals surface area contributed by atoms with Crippen molar-refractivity contribution >= 4 is 5.97 Å². The molecule has 0 bridgehead atoms. The highest BCUT2D eigenvalue weighted by molar-refractivity contribution is 5.89. The molecule has 1 aromatic rings. The Morgan fingerprint density at radius 2 is 2.14 bits per heavy atom. The van der Waals surface area contributed by atoms with Gasteiger partial charge in [-0.1, -0.05) is 0 Å². The topological polar surface area (TPSA) is 70.2 Å². The van der Waals surface area contributed by atoms with Crippen LogP contribution in [0.25, 0.3) is 0 Å². The molecule has 0 atom stereocenters. The minimum absolute atomic E-state index is 0.264. The zero-order chi connectivity index (χ0) is 10.9. The SMILES string of the molecule is Cc1c(C(F)F)c(C(=O)O)c[nH]c1=O. The second kappa shape index (κ2) is 3.57. The van der Waals surface area contributed by atoms with Gasteiger partial charge in [-0.15, -0.1) is 0 Å². The van der Waals surface area contributed by atoms with E-state index in [1.54, 1.807) is 0 Å². The number of nitrogens with one attached hydrogen (secondary N) is 1. The quantitative estimate of drug-likeness (QED) is 0.761. The summed E-state index contributed by atoms with van der Waals surface area (Å²) in [6, 6.07) is 0. The van der Waals surface area contributed by atoms with Crippen molar-refractivity contribution < 1.29 is 18.7 Å². The Hall–Kier alpha value is -1.72. The first-order valence-electron chi connectivity index (χ1n) is 3.68. The molecule has 0 fully saturated rings. The van der Waals surface area contributed by atoms with Gasteiger partial charge in [-0.2, -0.15) is 0 Å². The third kappa shape index (κ3) is 1.63. The van der Waals surface area contributed by atoms with Gasteiger partial charge in [0.25, 0.3) is 12.0 Å². The number of carboxylic acid groups (broad SMARTS) is 1. The van der Waals surface area contributed by atoms with E-state index in [1.165, 1.54) is 0 Å². The summed E-state index contributed by atoms with van der Waals surface area (Å²) in [5.74, 6) is -1.49. The predicted octanol–water partition coefficient (Wildman–Crippen LogP) is 1.32. The first kappa shape index (κ1) is 10.4. The zero-order valence-electron chi connectivity index (χ0n) is 7.17. The molecule has 0 saturated heterocycles. The fourth-order valence-corrected chi connectivity index (χ4v) is 1.11. The largest absolute Gasteiger partial charge is 0.478 e. The first-order valence-corrected chi connectivity index (χ1v) is 3.68. The maximum absolute atomic E-state index is 12.4. The van der Waals surface area contributed by atoms with Gasteiger partial charge in [-0.3, -0.25) is 4.79 Å². The van der Waals surface area contributed by atoms with Gasteiger partial charge >= 0.3 is 5.97 Å². The molecule has 0 aromatic carbocycles. The number of alkyl halides is 2. The molecule has 0 saturated carbocycles. The minimum Gasteiger partial charge on any atom is -0.478 e. The summed E-state index contributed by atoms with van der Waals surface area (Å²) in [4.78, 5) is 23.5. The van der Waals surface area contributed by atoms with Crippen LogP contribution < -0.4 is 5.56 Å². The average Bonchev–Trinajstić information content (AvgIpc) is 2.08. The molecule has 0 aliphatic rings. The molecule has 6 heteroatoms. The Kier molecular flexibility index (Phi) is 2.64. The van der Waals surface area contributed by atoms with E-state index in [0.29, 0.717) is 0 Å². The Morgan fingerprint density at radius 1 is 1.57 bits per heavy atom. The number of aromatic amines is 1. The molecule has 1 aromatic heterocycles. The van der Waals surface area contributed by atoms with E-state index in [2.05, 4.69) is 4.98 Å². The number of H-pyrrole nitrogens is 1. The summed E-state index contributed by atoms with van der Waals surface area (Å²) >= 11 is 0. The summed E-state index contributed by atoms with van der Waals surface area (Å²) in [7, 11) is 0. The highest BCUT2D eigenvalue weighted by Gasteiger charge is 2.21. The van der Waals surface area contributed by atoms with Gasteiger partial charge in [-0.25, -0.2) is 13.6 Å². The van der Waals surface area contributed by atoms with Gasteiger partial charge < -0.3 is 10.1 Å². The number of pyridine rings is 1. The number of aromatic carboxylic acids is 1. The standard InChI is InChI=1S/C8H7F2NO3/c1-3-5(6(9)10)4(8(13)14)2-11-7(3)12/h2,6H,1H3,(H,11,12)(H,13,14). The molecule has 1 heterocycles. The lowest BCUT2D eigenvalue weighted by atomic mass is 10.1. The molecular weight excluding hydrogens is 196 g/mol. The van der Waals surface area contributed by atoms with Crippen molar-refractivity contribution in [2.24, 2.45) is 0 Å². The van der Waals surface area contributed by atoms with Gasteiger partial charge in [0.2, 0.25) is 0 Å². The Bertz CT molecular complexity index is 425. The molecule has 1 rings (SSSR count). The van der Waals surface area contributed by atoms with Crippen molar-refractivity contribution in [2.45, 2.75) is 13.3 Å². The van der Waals surface area contributed by atoms with E-state index >= 15 is 0 Å². The highest BCUT2D eigenvalue weighted by Crippen LogP contribution is 2.23. The molecule has 0 amide bonds. The second-order valence-electron chi connectivity index (χ2n) is 2.68. The van der Waals surface area contributed by atoms with Gasteiger partial charge in [0.15, 0.2) is 0 Å². The Balaban J connectivity index is 3.53. The monoisotopic (exact) mass is 203 g/mol. The summed E-state index contributed by atoms with van der Waals surface area (Å²) in [6.07, 6.45) is -2.19. The summed E-state index contributed by atoms with van der Waals surface area (Å²) in [5, 5.41) is 8.57. The van der Waals surface area contributed by atoms with Crippen molar-refractivity contribution in [1.82, 2.24) is 4.98 Å². The number of hydrogen-bond acceptors (Lipinski definition) is 2. The number of rotatable bonds is 2. The molecule has 0 unspecified atom stereocenters. The Labute approximate surface area is 77.2 Å². The van der Waals surface area contributed by atoms with E-state index in [0.717, 1.165) is 13.1 Å². The summed E-state index contributed by atoms with van der Waals surface area (Å²) < 4.78 is 24.8. The lowest BCUT2D eigenvalue weighted by molar-refractivity contribution is 0.0683. The van der Waals surface area contributed by atoms with Crippen molar-refractivity contribution in [3.05, 3.63) is 33.2 Å². The van der Waals surface area contributed by atoms with Crippen LogP contribution in [-0.2, 0) is 0 Å². The number of halogens is 2. The molecule has 0 spiro atoms. The van der Waals surface area contributed by atoms with Crippen LogP contribution in [0, 0.1) is 6.92 Å². The second-order valence-corrected chi connectivity index (χ2v) is 2.68. The van der Waals surface area contributed by atoms with Crippen LogP contribution in [-0.4, -0.2) is 16.1 Å². The van der Waals surface area contributed by atoms with Crippen molar-refractivity contribution in [1.29, 1.82) is 0 Å². The van der Waals surface area contributed by atoms with E-state index < -0.39 is 29.1 Å². The van der Waals surface area contributed by atoms with Gasteiger partial charge in [0, 0.05) is 17.3 Å². The van der Waals surface area contributed by atoms with E-state index in [4.69, 9.17) is 5.11 Å². The van der Waals surface area contributed by atoms with Gasteiger partial charge in [0.1, 0.15) is 0 Å². The normalized spacial score (nSPS) is 10.6. The third-order valence-electron chi connectivity index (χ3n) is 1.83. The lowest BCUT2D eigenvalue weighted by Crippen LogP contribution is -2.17. The third-order valence-corrected chi connectivity index (χ3v) is 1.83. The van der Waals surface area contributed by atoms with Crippen LogP contribution in [0.4, 0.5) is 8.78 Å². The molecule has 2 N–H and O–H groups in total. The minimum atomic E-state index is -2.97. The maximum Gasteiger partial charge on any atom is 0.337 e. The molecule has 14 heavy (non-hydrogen) atoms. The fourth-order valence-electron chi connectivity index (χ4n) is 1.11. The predicted molar refractivity (Wildman–Crippen MR) is 43.7 cm³/mol. The molecule has 4 nitrogen and oxygen atoms in total. The Morgan fingerprint density at radius 3 is 2.57 bits per heavy atom. The number of carbonyl (C=O) groups is 1. The fraction of sp³-hybridized carbons (Fsp3) is 0.250. The summed E-state index contributed by atoms with van der Waals surface area (Å²) in [5.41, 5.74) is -2.26. The van der Waals surface area contributed by atoms with Crippen LogP contribution in [0.2, 0.25) is 0 Å². The number of aromatic nitrogens is 1. The zero-order valence-corrected chi connectivity index (χ0v) is 7.17. The number of carboxylic acids is 1. The van der Waals surface area contributed by atoms with Crippen LogP contribution in [0.1, 0.15) is 27.9 Å².